The zero-order chi connectivity index (χ0) is 24.8. The smallest absolute Gasteiger partial charge is 0.340 e. The first-order chi connectivity index (χ1) is 16.9. The summed E-state index contributed by atoms with van der Waals surface area (Å²) in [7, 11) is 0. The van der Waals surface area contributed by atoms with Crippen LogP contribution in [0.1, 0.15) is 38.0 Å². The minimum absolute atomic E-state index is 0.253. The van der Waals surface area contributed by atoms with Gasteiger partial charge in [-0.2, -0.15) is 0 Å². The predicted molar refractivity (Wildman–Crippen MR) is 124 cm³/mol. The third-order valence-electron chi connectivity index (χ3n) is 5.54. The number of carbonyl (C=O) groups excluding carboxylic acids is 3. The minimum atomic E-state index is -1.93. The van der Waals surface area contributed by atoms with Gasteiger partial charge in [0.2, 0.25) is 6.29 Å². The molecule has 1 saturated heterocycles. The molecule has 3 aromatic rings. The summed E-state index contributed by atoms with van der Waals surface area (Å²) in [6, 6.07) is 24.7. The van der Waals surface area contributed by atoms with Crippen molar-refractivity contribution < 1.29 is 38.4 Å². The lowest BCUT2D eigenvalue weighted by molar-refractivity contribution is -0.173. The summed E-state index contributed by atoms with van der Waals surface area (Å²) >= 11 is 0. The summed E-state index contributed by atoms with van der Waals surface area (Å²) in [5.41, 5.74) is -1.10. The van der Waals surface area contributed by atoms with Crippen molar-refractivity contribution in [3.63, 3.8) is 0 Å². The van der Waals surface area contributed by atoms with Crippen LogP contribution in [0.2, 0.25) is 0 Å². The topological polar surface area (TPSA) is 108 Å². The lowest BCUT2D eigenvalue weighted by Gasteiger charge is -2.29. The second-order valence-electron chi connectivity index (χ2n) is 8.16. The average Bonchev–Trinajstić information content (AvgIpc) is 3.12. The Morgan fingerprint density at radius 2 is 1.17 bits per heavy atom. The molecule has 0 aromatic heterocycles. The molecule has 0 spiro atoms. The molecule has 0 unspecified atom stereocenters. The van der Waals surface area contributed by atoms with Crippen LogP contribution in [0.15, 0.2) is 91.0 Å². The van der Waals surface area contributed by atoms with Crippen LogP contribution in [-0.2, 0) is 18.9 Å². The summed E-state index contributed by atoms with van der Waals surface area (Å²) in [4.78, 5) is 37.8. The van der Waals surface area contributed by atoms with Gasteiger partial charge in [-0.15, -0.1) is 0 Å². The molecule has 0 saturated carbocycles. The van der Waals surface area contributed by atoms with E-state index in [1.54, 1.807) is 91.0 Å². The third kappa shape index (κ3) is 5.56. The molecule has 0 bridgehead atoms. The number of esters is 3. The number of hydrogen-bond donors (Lipinski definition) is 1. The number of aliphatic hydroxyl groups is 1. The summed E-state index contributed by atoms with van der Waals surface area (Å²) < 4.78 is 22.1. The van der Waals surface area contributed by atoms with Crippen LogP contribution < -0.4 is 0 Å². The van der Waals surface area contributed by atoms with Crippen molar-refractivity contribution >= 4 is 17.9 Å². The Balaban J connectivity index is 1.53. The highest BCUT2D eigenvalue weighted by atomic mass is 16.7. The number of ether oxygens (including phenoxy) is 4. The zero-order valence-electron chi connectivity index (χ0n) is 18.9. The van der Waals surface area contributed by atoms with E-state index in [0.29, 0.717) is 5.56 Å². The fraction of sp³-hybridized carbons (Fsp3) is 0.222. The van der Waals surface area contributed by atoms with Gasteiger partial charge in [0.05, 0.1) is 16.7 Å². The van der Waals surface area contributed by atoms with Crippen molar-refractivity contribution in [2.24, 2.45) is 0 Å². The second kappa shape index (κ2) is 10.5. The van der Waals surface area contributed by atoms with E-state index in [1.165, 1.54) is 6.92 Å². The molecule has 8 nitrogen and oxygen atoms in total. The van der Waals surface area contributed by atoms with Gasteiger partial charge in [-0.05, 0) is 43.3 Å². The van der Waals surface area contributed by atoms with Crippen LogP contribution in [0.4, 0.5) is 0 Å². The molecule has 8 heteroatoms. The van der Waals surface area contributed by atoms with Crippen LogP contribution in [-0.4, -0.2) is 53.7 Å². The molecular formula is C27H24O8. The molecule has 1 aliphatic heterocycles. The quantitative estimate of drug-likeness (QED) is 0.408. The first kappa shape index (κ1) is 24.1. The molecule has 1 aliphatic rings. The Morgan fingerprint density at radius 1 is 0.743 bits per heavy atom. The molecule has 1 N–H and O–H groups in total. The highest BCUT2D eigenvalue weighted by Crippen LogP contribution is 2.35. The minimum Gasteiger partial charge on any atom is -0.459 e. The van der Waals surface area contributed by atoms with Gasteiger partial charge in [-0.3, -0.25) is 0 Å². The van der Waals surface area contributed by atoms with E-state index in [9.17, 15) is 19.5 Å². The van der Waals surface area contributed by atoms with Crippen molar-refractivity contribution in [1.82, 2.24) is 0 Å². The summed E-state index contributed by atoms with van der Waals surface area (Å²) in [5, 5.41) is 11.2. The maximum absolute atomic E-state index is 12.7. The molecule has 0 amide bonds. The van der Waals surface area contributed by atoms with E-state index in [4.69, 9.17) is 18.9 Å². The first-order valence-corrected chi connectivity index (χ1v) is 11.0. The molecule has 4 atom stereocenters. The molecule has 0 aliphatic carbocycles. The monoisotopic (exact) mass is 476 g/mol. The Morgan fingerprint density at radius 3 is 1.66 bits per heavy atom. The first-order valence-electron chi connectivity index (χ1n) is 11.0. The lowest BCUT2D eigenvalue weighted by atomic mass is 9.97. The number of benzene rings is 3. The SMILES string of the molecule is C[C@]1(O)[C@H](OC(=O)c2ccccc2)O[C@H](COC(=O)c2ccccc2)[C@H]1OC(=O)c1ccccc1. The summed E-state index contributed by atoms with van der Waals surface area (Å²) in [6.45, 7) is 0.980. The van der Waals surface area contributed by atoms with Crippen molar-refractivity contribution in [2.75, 3.05) is 6.61 Å². The zero-order valence-corrected chi connectivity index (χ0v) is 18.9. The molecule has 3 aromatic carbocycles. The normalized spacial score (nSPS) is 23.3. The van der Waals surface area contributed by atoms with Gasteiger partial charge in [0.25, 0.3) is 0 Å². The van der Waals surface area contributed by atoms with Crippen LogP contribution in [0.3, 0.4) is 0 Å². The van der Waals surface area contributed by atoms with E-state index >= 15 is 0 Å². The van der Waals surface area contributed by atoms with E-state index < -0.39 is 42.0 Å². The van der Waals surface area contributed by atoms with E-state index in [1.807, 2.05) is 0 Å². The summed E-state index contributed by atoms with van der Waals surface area (Å²) in [6.07, 6.45) is -3.88. The van der Waals surface area contributed by atoms with Crippen molar-refractivity contribution in [2.45, 2.75) is 31.0 Å². The van der Waals surface area contributed by atoms with Crippen LogP contribution in [0, 0.1) is 0 Å². The van der Waals surface area contributed by atoms with Crippen molar-refractivity contribution in [3.05, 3.63) is 108 Å². The van der Waals surface area contributed by atoms with Crippen LogP contribution >= 0.6 is 0 Å². The maximum atomic E-state index is 12.7. The Kier molecular flexibility index (Phi) is 7.24. The van der Waals surface area contributed by atoms with Gasteiger partial charge in [0.1, 0.15) is 12.7 Å². The van der Waals surface area contributed by atoms with Crippen molar-refractivity contribution in [3.8, 4) is 0 Å². The largest absolute Gasteiger partial charge is 0.459 e. The average molecular weight is 476 g/mol. The fourth-order valence-corrected chi connectivity index (χ4v) is 3.66. The fourth-order valence-electron chi connectivity index (χ4n) is 3.66. The molecule has 1 heterocycles. The van der Waals surface area contributed by atoms with Gasteiger partial charge in [0.15, 0.2) is 11.7 Å². The van der Waals surface area contributed by atoms with Gasteiger partial charge in [-0.25, -0.2) is 14.4 Å². The molecular weight excluding hydrogens is 452 g/mol. The van der Waals surface area contributed by atoms with Crippen LogP contribution in [0.5, 0.6) is 0 Å². The number of hydrogen-bond acceptors (Lipinski definition) is 8. The van der Waals surface area contributed by atoms with Crippen LogP contribution in [0.25, 0.3) is 0 Å². The predicted octanol–water partition coefficient (Wildman–Crippen LogP) is 3.40. The molecule has 0 radical (unpaired) electrons. The molecule has 180 valence electrons. The second-order valence-corrected chi connectivity index (χ2v) is 8.16. The standard InChI is InChI=1S/C27H24O8/c1-27(31)22(34-24(29)19-13-7-3-8-14-19)21(17-32-23(28)18-11-5-2-6-12-18)33-26(27)35-25(30)20-15-9-4-10-16-20/h2-16,21-22,26,31H,17H2,1H3/t21-,22-,26+,27-/m1/s1. The third-order valence-corrected chi connectivity index (χ3v) is 5.54. The van der Waals surface area contributed by atoms with Crippen molar-refractivity contribution in [1.29, 1.82) is 0 Å². The number of rotatable bonds is 7. The Labute approximate surface area is 202 Å². The highest BCUT2D eigenvalue weighted by molar-refractivity contribution is 5.90. The number of carbonyl (C=O) groups is 3. The molecule has 35 heavy (non-hydrogen) atoms. The maximum Gasteiger partial charge on any atom is 0.340 e. The Hall–Kier alpha value is -4.01. The summed E-state index contributed by atoms with van der Waals surface area (Å²) in [5.74, 6) is -2.06. The van der Waals surface area contributed by atoms with E-state index in [0.717, 1.165) is 0 Å². The van der Waals surface area contributed by atoms with Gasteiger partial charge in [-0.1, -0.05) is 54.6 Å². The molecule has 4 rings (SSSR count). The highest BCUT2D eigenvalue weighted by Gasteiger charge is 2.57. The lowest BCUT2D eigenvalue weighted by Crippen LogP contribution is -2.49. The molecule has 1 fully saturated rings. The van der Waals surface area contributed by atoms with Gasteiger partial charge >= 0.3 is 17.9 Å². The van der Waals surface area contributed by atoms with E-state index in [2.05, 4.69) is 0 Å². The van der Waals surface area contributed by atoms with Gasteiger partial charge < -0.3 is 24.1 Å². The Bertz CT molecular complexity index is 1160. The van der Waals surface area contributed by atoms with E-state index in [-0.39, 0.29) is 17.7 Å². The van der Waals surface area contributed by atoms with Gasteiger partial charge in [0, 0.05) is 0 Å².